The van der Waals surface area contributed by atoms with Gasteiger partial charge >= 0.3 is 223 Å². The van der Waals surface area contributed by atoms with Gasteiger partial charge in [0.1, 0.15) is 0 Å². The Labute approximate surface area is 221 Å². The third-order valence-corrected chi connectivity index (χ3v) is 32.0. The molecule has 0 saturated carbocycles. The zero-order valence-corrected chi connectivity index (χ0v) is 28.2. The molecule has 0 unspecified atom stereocenters. The van der Waals surface area contributed by atoms with Crippen LogP contribution in [0.25, 0.3) is 0 Å². The molecule has 2 nitrogen and oxygen atoms in total. The Morgan fingerprint density at radius 3 is 1.24 bits per heavy atom. The summed E-state index contributed by atoms with van der Waals surface area (Å²) >= 11 is 7.05. The number of benzene rings is 1. The van der Waals surface area contributed by atoms with Gasteiger partial charge in [0, 0.05) is 0 Å². The zero-order valence-electron chi connectivity index (χ0n) is 23.0. The summed E-state index contributed by atoms with van der Waals surface area (Å²) in [6.45, 7) is 26.8. The van der Waals surface area contributed by atoms with Crippen LogP contribution in [0.5, 0.6) is 0 Å². The van der Waals surface area contributed by atoms with Crippen LogP contribution in [-0.4, -0.2) is 63.4 Å². The Morgan fingerprint density at radius 2 is 0.941 bits per heavy atom. The van der Waals surface area contributed by atoms with Gasteiger partial charge in [-0.2, -0.15) is 0 Å². The summed E-state index contributed by atoms with van der Waals surface area (Å²) in [6, 6.07) is 4.01. The van der Waals surface area contributed by atoms with Gasteiger partial charge in [-0.05, 0) is 0 Å². The molecule has 0 atom stereocenters. The van der Waals surface area contributed by atoms with Gasteiger partial charge in [0.2, 0.25) is 0 Å². The van der Waals surface area contributed by atoms with Gasteiger partial charge in [-0.1, -0.05) is 0 Å². The Hall–Kier alpha value is 0.509. The molecular weight excluding hydrogens is 605 g/mol. The Balaban J connectivity index is 3.49. The maximum absolute atomic E-state index is 13.6. The number of hydrogen-bond donors (Lipinski definition) is 2. The molecule has 0 aliphatic rings. The van der Waals surface area contributed by atoms with Gasteiger partial charge in [0.25, 0.3) is 0 Å². The van der Waals surface area contributed by atoms with Crippen molar-refractivity contribution in [3.63, 3.8) is 0 Å². The Morgan fingerprint density at radius 1 is 0.618 bits per heavy atom. The first-order chi connectivity index (χ1) is 14.8. The van der Waals surface area contributed by atoms with Gasteiger partial charge in [-0.3, -0.25) is 0 Å². The molecular formula is C25H45F3N2P2Se2. The molecule has 0 aromatic heterocycles. The van der Waals surface area contributed by atoms with Crippen LogP contribution < -0.4 is 10.6 Å². The molecule has 1 aromatic rings. The summed E-state index contributed by atoms with van der Waals surface area (Å²) in [4.78, 5) is 0. The molecule has 0 heterocycles. The SMILES string of the molecule is CC(C)(C)P(=[Se])(CNc1ccc(C(F)(F)F)cc1NCP(=[Se])(C(C)(C)C)C(C)(C)C)C(C)(C)C. The van der Waals surface area contributed by atoms with Crippen molar-refractivity contribution >= 4 is 52.6 Å². The van der Waals surface area contributed by atoms with Crippen molar-refractivity contribution in [3.8, 4) is 0 Å². The summed E-state index contributed by atoms with van der Waals surface area (Å²) in [5.41, 5.74) is -2.79. The fraction of sp³-hybridized carbons (Fsp3) is 0.760. The van der Waals surface area contributed by atoms with Crippen molar-refractivity contribution < 1.29 is 13.2 Å². The monoisotopic (exact) mass is 652 g/mol. The predicted molar refractivity (Wildman–Crippen MR) is 153 cm³/mol. The average molecular weight is 651 g/mol. The first kappa shape index (κ1) is 32.5. The van der Waals surface area contributed by atoms with E-state index in [0.29, 0.717) is 18.3 Å². The minimum absolute atomic E-state index is 0.00497. The van der Waals surface area contributed by atoms with Crippen molar-refractivity contribution in [1.82, 2.24) is 0 Å². The Kier molecular flexibility index (Phi) is 9.90. The molecule has 2 N–H and O–H groups in total. The summed E-state index contributed by atoms with van der Waals surface area (Å²) < 4.78 is 40.8. The first-order valence-electron chi connectivity index (χ1n) is 11.7. The molecule has 34 heavy (non-hydrogen) atoms. The average Bonchev–Trinajstić information content (AvgIpc) is 2.59. The first-order valence-corrected chi connectivity index (χ1v) is 20.0. The van der Waals surface area contributed by atoms with Gasteiger partial charge < -0.3 is 0 Å². The van der Waals surface area contributed by atoms with Crippen molar-refractivity contribution in [2.24, 2.45) is 0 Å². The van der Waals surface area contributed by atoms with E-state index >= 15 is 0 Å². The van der Waals surface area contributed by atoms with Crippen LogP contribution in [0.2, 0.25) is 0 Å². The number of halogens is 3. The van der Waals surface area contributed by atoms with Crippen LogP contribution in [0.1, 0.15) is 88.6 Å². The van der Waals surface area contributed by atoms with E-state index in [0.717, 1.165) is 5.69 Å². The topological polar surface area (TPSA) is 24.1 Å². The van der Waals surface area contributed by atoms with Crippen LogP contribution in [0.4, 0.5) is 24.5 Å². The zero-order chi connectivity index (χ0) is 27.2. The molecule has 0 saturated heterocycles. The molecule has 0 radical (unpaired) electrons. The van der Waals surface area contributed by atoms with E-state index in [1.54, 1.807) is 6.07 Å². The third-order valence-electron chi connectivity index (χ3n) is 6.67. The van der Waals surface area contributed by atoms with Gasteiger partial charge in [0.05, 0.1) is 0 Å². The number of hydrogen-bond acceptors (Lipinski definition) is 2. The fourth-order valence-electron chi connectivity index (χ4n) is 4.38. The maximum atomic E-state index is 13.6. The molecule has 0 bridgehead atoms. The van der Waals surface area contributed by atoms with Gasteiger partial charge in [-0.15, -0.1) is 0 Å². The molecule has 0 aliphatic carbocycles. The molecule has 1 aromatic carbocycles. The van der Waals surface area contributed by atoms with E-state index < -0.39 is 22.8 Å². The normalized spacial score (nSPS) is 14.8. The second-order valence-corrected chi connectivity index (χ2v) is 29.9. The summed E-state index contributed by atoms with van der Waals surface area (Å²) in [5, 5.41) is 7.11. The van der Waals surface area contributed by atoms with E-state index in [2.05, 4.69) is 124 Å². The predicted octanol–water partition coefficient (Wildman–Crippen LogP) is 8.84. The third kappa shape index (κ3) is 7.08. The van der Waals surface area contributed by atoms with E-state index in [4.69, 9.17) is 0 Å². The fourth-order valence-corrected chi connectivity index (χ4v) is 11.9. The molecule has 0 amide bonds. The molecule has 198 valence electrons. The van der Waals surface area contributed by atoms with E-state index in [-0.39, 0.29) is 20.6 Å². The van der Waals surface area contributed by atoms with Crippen LogP contribution in [0, 0.1) is 0 Å². The van der Waals surface area contributed by atoms with Gasteiger partial charge in [0.15, 0.2) is 0 Å². The van der Waals surface area contributed by atoms with Crippen molar-refractivity contribution in [2.75, 3.05) is 23.2 Å². The quantitative estimate of drug-likeness (QED) is 0.238. The summed E-state index contributed by atoms with van der Waals surface area (Å²) in [6.07, 6.45) is -3.07. The molecule has 1 rings (SSSR count). The second-order valence-electron chi connectivity index (χ2n) is 13.1. The van der Waals surface area contributed by atoms with Crippen LogP contribution >= 0.6 is 11.0 Å². The second kappa shape index (κ2) is 10.3. The molecule has 9 heteroatoms. The van der Waals surface area contributed by atoms with Crippen molar-refractivity contribution in [2.45, 2.75) is 110 Å². The standard InChI is InChI=1S/C25H45F3N2P2Se2/c1-21(2,3)31(33,22(4,5)6)16-29-19-14-13-18(25(26,27)28)15-20(19)30-17-32(34,23(7,8)9)24(10,11)12/h13-15,29-30H,16-17H2,1-12H3. The van der Waals surface area contributed by atoms with Crippen LogP contribution in [0.3, 0.4) is 0 Å². The molecule has 0 fully saturated rings. The van der Waals surface area contributed by atoms with E-state index in [9.17, 15) is 13.2 Å². The van der Waals surface area contributed by atoms with E-state index in [1.807, 2.05) is 0 Å². The Bertz CT molecular complexity index is 925. The van der Waals surface area contributed by atoms with Crippen LogP contribution in [0.15, 0.2) is 18.2 Å². The van der Waals surface area contributed by atoms with Crippen LogP contribution in [-0.2, 0) is 6.18 Å². The number of nitrogens with one attached hydrogen (secondary N) is 2. The van der Waals surface area contributed by atoms with Crippen molar-refractivity contribution in [1.29, 1.82) is 0 Å². The number of rotatable bonds is 6. The summed E-state index contributed by atoms with van der Waals surface area (Å²) in [5.74, 6) is 0. The minimum atomic E-state index is -4.39. The van der Waals surface area contributed by atoms with Gasteiger partial charge in [-0.25, -0.2) is 0 Å². The van der Waals surface area contributed by atoms with E-state index in [1.165, 1.54) is 12.1 Å². The number of anilines is 2. The molecule has 0 aliphatic heterocycles. The summed E-state index contributed by atoms with van der Waals surface area (Å²) in [7, 11) is 0. The number of alkyl halides is 3. The molecule has 0 spiro atoms. The van der Waals surface area contributed by atoms with Crippen molar-refractivity contribution in [3.05, 3.63) is 23.8 Å².